The minimum Gasteiger partial charge on any atom is -0.306 e. The number of halogens is 6. The predicted octanol–water partition coefficient (Wildman–Crippen LogP) is 5.55. The number of alkyl halides is 6. The van der Waals surface area contributed by atoms with Gasteiger partial charge in [0.05, 0.1) is 35.0 Å². The van der Waals surface area contributed by atoms with Crippen LogP contribution in [0.15, 0.2) is 72.2 Å². The third-order valence-electron chi connectivity index (χ3n) is 5.06. The minimum absolute atomic E-state index is 0.0392. The second kappa shape index (κ2) is 8.76. The summed E-state index contributed by atoms with van der Waals surface area (Å²) >= 11 is 0. The van der Waals surface area contributed by atoms with Gasteiger partial charge in [0.1, 0.15) is 0 Å². The fourth-order valence-electron chi connectivity index (χ4n) is 3.35. The molecule has 0 spiro atoms. The van der Waals surface area contributed by atoms with Gasteiger partial charge in [-0.05, 0) is 48.5 Å². The fourth-order valence-corrected chi connectivity index (χ4v) is 3.35. The highest BCUT2D eigenvalue weighted by Gasteiger charge is 2.35. The van der Waals surface area contributed by atoms with Crippen LogP contribution in [0.4, 0.5) is 36.8 Å². The summed E-state index contributed by atoms with van der Waals surface area (Å²) in [5, 5.41) is 7.83. The summed E-state index contributed by atoms with van der Waals surface area (Å²) in [6.07, 6.45) is -5.34. The first-order chi connectivity index (χ1) is 16.0. The topological polar surface area (TPSA) is 70.5 Å². The van der Waals surface area contributed by atoms with Crippen LogP contribution in [-0.4, -0.2) is 33.3 Å². The van der Waals surface area contributed by atoms with Crippen LogP contribution in [0.2, 0.25) is 0 Å². The molecule has 176 valence electrons. The van der Waals surface area contributed by atoms with Gasteiger partial charge in [-0.25, -0.2) is 9.80 Å². The van der Waals surface area contributed by atoms with Crippen molar-refractivity contribution in [3.63, 3.8) is 0 Å². The van der Waals surface area contributed by atoms with Gasteiger partial charge in [0.2, 0.25) is 0 Å². The van der Waals surface area contributed by atoms with Crippen molar-refractivity contribution < 1.29 is 31.1 Å². The smallest absolute Gasteiger partial charge is 0.306 e. The van der Waals surface area contributed by atoms with Crippen LogP contribution < -0.4 is 5.32 Å². The quantitative estimate of drug-likeness (QED) is 0.501. The number of carbonyl (C=O) groups excluding carboxylic acids is 1. The number of hydrazone groups is 1. The molecular weight excluding hydrogens is 464 g/mol. The van der Waals surface area contributed by atoms with E-state index in [0.29, 0.717) is 17.5 Å². The maximum Gasteiger partial charge on any atom is 0.417 e. The number of nitrogens with one attached hydrogen (secondary N) is 1. The van der Waals surface area contributed by atoms with E-state index < -0.39 is 35.4 Å². The number of pyridine rings is 2. The molecule has 3 heterocycles. The SMILES string of the molecule is O=C(Nc1ccc(C(F)(F)F)cc1)N1CC(c2ccc(C(F)(F)F)cn2)C(c2ccncc2)=N1. The lowest BCUT2D eigenvalue weighted by atomic mass is 9.94. The second-order valence-electron chi connectivity index (χ2n) is 7.33. The zero-order chi connectivity index (χ0) is 24.5. The van der Waals surface area contributed by atoms with Crippen LogP contribution in [0.3, 0.4) is 0 Å². The van der Waals surface area contributed by atoms with Gasteiger partial charge in [0, 0.05) is 29.8 Å². The van der Waals surface area contributed by atoms with E-state index >= 15 is 0 Å². The number of carbonyl (C=O) groups is 1. The number of benzene rings is 1. The molecule has 6 nitrogen and oxygen atoms in total. The Hall–Kier alpha value is -3.96. The first-order valence-electron chi connectivity index (χ1n) is 9.80. The Balaban J connectivity index is 1.58. The lowest BCUT2D eigenvalue weighted by molar-refractivity contribution is -0.138. The number of aromatic nitrogens is 2. The molecule has 4 rings (SSSR count). The molecule has 1 unspecified atom stereocenters. The Morgan fingerprint density at radius 1 is 0.882 bits per heavy atom. The predicted molar refractivity (Wildman–Crippen MR) is 110 cm³/mol. The number of nitrogens with zero attached hydrogens (tertiary/aromatic N) is 4. The van der Waals surface area contributed by atoms with Gasteiger partial charge in [-0.3, -0.25) is 9.97 Å². The summed E-state index contributed by atoms with van der Waals surface area (Å²) < 4.78 is 76.9. The molecule has 0 fully saturated rings. The highest BCUT2D eigenvalue weighted by Crippen LogP contribution is 2.33. The molecular formula is C22H15F6N5O. The zero-order valence-corrected chi connectivity index (χ0v) is 17.1. The van der Waals surface area contributed by atoms with Gasteiger partial charge in [-0.1, -0.05) is 0 Å². The number of amides is 2. The second-order valence-corrected chi connectivity index (χ2v) is 7.33. The van der Waals surface area contributed by atoms with E-state index in [0.717, 1.165) is 35.3 Å². The summed E-state index contributed by atoms with van der Waals surface area (Å²) in [6, 6.07) is 8.55. The van der Waals surface area contributed by atoms with E-state index in [1.165, 1.54) is 18.5 Å². The van der Waals surface area contributed by atoms with Crippen molar-refractivity contribution in [3.05, 3.63) is 89.5 Å². The molecule has 3 aromatic rings. The Morgan fingerprint density at radius 2 is 1.50 bits per heavy atom. The van der Waals surface area contributed by atoms with Gasteiger partial charge >= 0.3 is 18.4 Å². The van der Waals surface area contributed by atoms with Crippen molar-refractivity contribution in [2.24, 2.45) is 5.10 Å². The van der Waals surface area contributed by atoms with E-state index in [4.69, 9.17) is 0 Å². The molecule has 1 aliphatic rings. The van der Waals surface area contributed by atoms with Crippen molar-refractivity contribution in [2.45, 2.75) is 18.3 Å². The Labute approximate surface area is 188 Å². The van der Waals surface area contributed by atoms with Crippen LogP contribution in [0.25, 0.3) is 0 Å². The molecule has 34 heavy (non-hydrogen) atoms. The normalized spacial score (nSPS) is 16.4. The number of hydrogen-bond acceptors (Lipinski definition) is 4. The molecule has 2 amide bonds. The monoisotopic (exact) mass is 479 g/mol. The third kappa shape index (κ3) is 5.00. The first-order valence-corrected chi connectivity index (χ1v) is 9.80. The Kier molecular flexibility index (Phi) is 5.98. The first kappa shape index (κ1) is 23.2. The number of rotatable bonds is 3. The molecule has 0 aliphatic carbocycles. The molecule has 12 heteroatoms. The molecule has 2 aromatic heterocycles. The minimum atomic E-state index is -4.54. The molecule has 0 bridgehead atoms. The fraction of sp³-hybridized carbons (Fsp3) is 0.182. The van der Waals surface area contributed by atoms with E-state index in [1.54, 1.807) is 12.1 Å². The highest BCUT2D eigenvalue weighted by atomic mass is 19.4. The molecule has 0 saturated carbocycles. The van der Waals surface area contributed by atoms with Gasteiger partial charge in [0.25, 0.3) is 0 Å². The highest BCUT2D eigenvalue weighted by molar-refractivity contribution is 6.07. The van der Waals surface area contributed by atoms with Crippen LogP contribution in [0.1, 0.15) is 28.3 Å². The van der Waals surface area contributed by atoms with Crippen LogP contribution >= 0.6 is 0 Å². The molecule has 0 radical (unpaired) electrons. The van der Waals surface area contributed by atoms with Gasteiger partial charge in [-0.2, -0.15) is 31.4 Å². The van der Waals surface area contributed by atoms with Crippen molar-refractivity contribution in [1.82, 2.24) is 15.0 Å². The molecule has 0 saturated heterocycles. The summed E-state index contributed by atoms with van der Waals surface area (Å²) in [6.45, 7) is -0.0392. The summed E-state index contributed by atoms with van der Waals surface area (Å²) in [4.78, 5) is 20.6. The summed E-state index contributed by atoms with van der Waals surface area (Å²) in [5.41, 5.74) is -0.404. The van der Waals surface area contributed by atoms with E-state index in [9.17, 15) is 31.1 Å². The maximum atomic E-state index is 12.9. The largest absolute Gasteiger partial charge is 0.417 e. The van der Waals surface area contributed by atoms with E-state index in [1.807, 2.05) is 0 Å². The lowest BCUT2D eigenvalue weighted by Crippen LogP contribution is -2.30. The molecule has 1 atom stereocenters. The lowest BCUT2D eigenvalue weighted by Gasteiger charge is -2.16. The zero-order valence-electron chi connectivity index (χ0n) is 17.1. The van der Waals surface area contributed by atoms with Crippen molar-refractivity contribution >= 4 is 17.4 Å². The van der Waals surface area contributed by atoms with Gasteiger partial charge < -0.3 is 5.32 Å². The number of hydrogen-bond donors (Lipinski definition) is 1. The van der Waals surface area contributed by atoms with Crippen LogP contribution in [-0.2, 0) is 12.4 Å². The molecule has 1 aromatic carbocycles. The van der Waals surface area contributed by atoms with Gasteiger partial charge in [0.15, 0.2) is 0 Å². The van der Waals surface area contributed by atoms with Crippen molar-refractivity contribution in [2.75, 3.05) is 11.9 Å². The van der Waals surface area contributed by atoms with Crippen molar-refractivity contribution in [1.29, 1.82) is 0 Å². The third-order valence-corrected chi connectivity index (χ3v) is 5.06. The van der Waals surface area contributed by atoms with Gasteiger partial charge in [-0.15, -0.1) is 0 Å². The average molecular weight is 479 g/mol. The van der Waals surface area contributed by atoms with E-state index in [-0.39, 0.29) is 17.9 Å². The van der Waals surface area contributed by atoms with Crippen LogP contribution in [0.5, 0.6) is 0 Å². The average Bonchev–Trinajstić information content (AvgIpc) is 3.25. The summed E-state index contributed by atoms with van der Waals surface area (Å²) in [7, 11) is 0. The number of anilines is 1. The van der Waals surface area contributed by atoms with Crippen LogP contribution in [0, 0.1) is 0 Å². The Morgan fingerprint density at radius 3 is 2.06 bits per heavy atom. The Bertz CT molecular complexity index is 1190. The number of urea groups is 1. The standard InChI is InChI=1S/C22H15F6N5O/c23-21(24,25)14-1-4-16(5-2-14)31-20(34)33-12-17(19(32-33)13-7-9-29-10-8-13)18-6-3-15(11-30-18)22(26,27)28/h1-11,17H,12H2,(H,31,34). The molecule has 1 aliphatic heterocycles. The summed E-state index contributed by atoms with van der Waals surface area (Å²) in [5.74, 6) is -0.636. The maximum absolute atomic E-state index is 12.9. The molecule has 1 N–H and O–H groups in total. The van der Waals surface area contributed by atoms with E-state index in [2.05, 4.69) is 20.4 Å². The van der Waals surface area contributed by atoms with Crippen molar-refractivity contribution in [3.8, 4) is 0 Å².